The van der Waals surface area contributed by atoms with Crippen LogP contribution < -0.4 is 0 Å². The van der Waals surface area contributed by atoms with Crippen molar-refractivity contribution in [3.63, 3.8) is 0 Å². The minimum atomic E-state index is -0.321. The van der Waals surface area contributed by atoms with Crippen LogP contribution in [0.15, 0.2) is 21.4 Å². The summed E-state index contributed by atoms with van der Waals surface area (Å²) in [7, 11) is 0. The summed E-state index contributed by atoms with van der Waals surface area (Å²) in [6.45, 7) is 7.75. The molecule has 1 aromatic carbocycles. The Hall–Kier alpha value is -0.750. The second kappa shape index (κ2) is 6.45. The van der Waals surface area contributed by atoms with E-state index in [0.717, 1.165) is 65.8 Å². The number of benzene rings is 1. The van der Waals surface area contributed by atoms with Crippen molar-refractivity contribution in [2.45, 2.75) is 67.8 Å². The number of ether oxygens (including phenoxy) is 2. The first-order chi connectivity index (χ1) is 11.9. The summed E-state index contributed by atoms with van der Waals surface area (Å²) in [5.74, 6) is 0.431. The summed E-state index contributed by atoms with van der Waals surface area (Å²) in [5.41, 5.74) is 1.57. The molecule has 2 heterocycles. The van der Waals surface area contributed by atoms with Crippen LogP contribution in [0.5, 0.6) is 0 Å². The molecule has 1 saturated heterocycles. The third-order valence-electron chi connectivity index (χ3n) is 4.90. The quantitative estimate of drug-likeness (QED) is 0.681. The lowest BCUT2D eigenvalue weighted by atomic mass is 9.94. The molecule has 2 aromatic rings. The SMILES string of the molecule is CC(C)(C)c1nc2ccc(Cl)c(SC3CCC4(CC3)OCCO4)c2o1. The lowest BCUT2D eigenvalue weighted by Crippen LogP contribution is -2.35. The Morgan fingerprint density at radius 3 is 2.48 bits per heavy atom. The second-order valence-electron chi connectivity index (χ2n) is 7.92. The molecule has 0 unspecified atom stereocenters. The molecule has 0 amide bonds. The van der Waals surface area contributed by atoms with Crippen molar-refractivity contribution in [3.8, 4) is 0 Å². The van der Waals surface area contributed by atoms with Gasteiger partial charge in [0.15, 0.2) is 11.4 Å². The van der Waals surface area contributed by atoms with E-state index in [2.05, 4.69) is 25.8 Å². The van der Waals surface area contributed by atoms with Crippen LogP contribution in [0.3, 0.4) is 0 Å². The molecule has 0 N–H and O–H groups in total. The first-order valence-electron chi connectivity index (χ1n) is 8.90. The molecule has 1 spiro atoms. The third kappa shape index (κ3) is 3.44. The predicted molar refractivity (Wildman–Crippen MR) is 100 cm³/mol. The average molecular weight is 382 g/mol. The fourth-order valence-corrected chi connectivity index (χ4v) is 5.00. The molecule has 1 aliphatic heterocycles. The number of rotatable bonds is 2. The zero-order valence-electron chi connectivity index (χ0n) is 14.9. The number of hydrogen-bond donors (Lipinski definition) is 0. The van der Waals surface area contributed by atoms with Crippen LogP contribution in [0.4, 0.5) is 0 Å². The molecule has 1 aromatic heterocycles. The van der Waals surface area contributed by atoms with Crippen molar-refractivity contribution in [3.05, 3.63) is 23.0 Å². The van der Waals surface area contributed by atoms with E-state index in [0.29, 0.717) is 5.25 Å². The van der Waals surface area contributed by atoms with Gasteiger partial charge in [0.1, 0.15) is 5.52 Å². The zero-order valence-corrected chi connectivity index (χ0v) is 16.5. The molecule has 25 heavy (non-hydrogen) atoms. The molecule has 6 heteroatoms. The van der Waals surface area contributed by atoms with Gasteiger partial charge in [0.2, 0.25) is 5.89 Å². The molecule has 1 aliphatic carbocycles. The fourth-order valence-electron chi connectivity index (χ4n) is 3.48. The Kier molecular flexibility index (Phi) is 4.55. The number of halogens is 1. The zero-order chi connectivity index (χ0) is 17.7. The van der Waals surface area contributed by atoms with Gasteiger partial charge >= 0.3 is 0 Å². The van der Waals surface area contributed by atoms with Gasteiger partial charge in [0.25, 0.3) is 0 Å². The summed E-state index contributed by atoms with van der Waals surface area (Å²) < 4.78 is 17.8. The fraction of sp³-hybridized carbons (Fsp3) is 0.632. The Morgan fingerprint density at radius 2 is 1.84 bits per heavy atom. The van der Waals surface area contributed by atoms with E-state index < -0.39 is 0 Å². The van der Waals surface area contributed by atoms with Gasteiger partial charge in [0, 0.05) is 23.5 Å². The topological polar surface area (TPSA) is 44.5 Å². The third-order valence-corrected chi connectivity index (χ3v) is 6.77. The Morgan fingerprint density at radius 1 is 1.16 bits per heavy atom. The van der Waals surface area contributed by atoms with Crippen molar-refractivity contribution in [1.29, 1.82) is 0 Å². The van der Waals surface area contributed by atoms with E-state index in [1.807, 2.05) is 23.9 Å². The highest BCUT2D eigenvalue weighted by Crippen LogP contribution is 2.45. The van der Waals surface area contributed by atoms with Gasteiger partial charge < -0.3 is 13.9 Å². The minimum absolute atomic E-state index is 0.123. The van der Waals surface area contributed by atoms with Crippen LogP contribution in [0.2, 0.25) is 5.02 Å². The van der Waals surface area contributed by atoms with Gasteiger partial charge in [-0.3, -0.25) is 0 Å². The summed E-state index contributed by atoms with van der Waals surface area (Å²) >= 11 is 8.32. The molecule has 2 fully saturated rings. The molecule has 4 nitrogen and oxygen atoms in total. The van der Waals surface area contributed by atoms with Crippen LogP contribution in [-0.4, -0.2) is 29.2 Å². The Balaban J connectivity index is 1.57. The van der Waals surface area contributed by atoms with Crippen LogP contribution in [0.25, 0.3) is 11.1 Å². The molecule has 0 radical (unpaired) electrons. The van der Waals surface area contributed by atoms with Gasteiger partial charge in [-0.1, -0.05) is 32.4 Å². The van der Waals surface area contributed by atoms with E-state index in [1.165, 1.54) is 0 Å². The largest absolute Gasteiger partial charge is 0.439 e. The first-order valence-corrected chi connectivity index (χ1v) is 10.2. The number of hydrogen-bond acceptors (Lipinski definition) is 5. The van der Waals surface area contributed by atoms with E-state index in [4.69, 9.17) is 25.5 Å². The van der Waals surface area contributed by atoms with Crippen LogP contribution in [0, 0.1) is 0 Å². The van der Waals surface area contributed by atoms with Crippen molar-refractivity contribution in [2.24, 2.45) is 0 Å². The Labute approximate surface area is 157 Å². The predicted octanol–water partition coefficient (Wildman–Crippen LogP) is 5.56. The highest BCUT2D eigenvalue weighted by Gasteiger charge is 2.40. The van der Waals surface area contributed by atoms with E-state index in [1.54, 1.807) is 0 Å². The van der Waals surface area contributed by atoms with Gasteiger partial charge in [-0.15, -0.1) is 11.8 Å². The number of thioether (sulfide) groups is 1. The molecular weight excluding hydrogens is 358 g/mol. The molecule has 136 valence electrons. The highest BCUT2D eigenvalue weighted by atomic mass is 35.5. The Bertz CT molecular complexity index is 767. The summed E-state index contributed by atoms with van der Waals surface area (Å²) in [6, 6.07) is 3.87. The molecule has 0 atom stereocenters. The number of nitrogens with zero attached hydrogens (tertiary/aromatic N) is 1. The van der Waals surface area contributed by atoms with Gasteiger partial charge in [-0.25, -0.2) is 4.98 Å². The van der Waals surface area contributed by atoms with Crippen LogP contribution in [0.1, 0.15) is 52.3 Å². The van der Waals surface area contributed by atoms with Crippen molar-refractivity contribution in [1.82, 2.24) is 4.98 Å². The second-order valence-corrected chi connectivity index (χ2v) is 9.64. The molecule has 0 bridgehead atoms. The number of fused-ring (bicyclic) bond motifs is 1. The molecular formula is C19H24ClNO3S. The van der Waals surface area contributed by atoms with E-state index in [-0.39, 0.29) is 11.2 Å². The number of aromatic nitrogens is 1. The van der Waals surface area contributed by atoms with Crippen LogP contribution in [-0.2, 0) is 14.9 Å². The lowest BCUT2D eigenvalue weighted by molar-refractivity contribution is -0.175. The van der Waals surface area contributed by atoms with Crippen molar-refractivity contribution >= 4 is 34.5 Å². The first kappa shape index (κ1) is 17.7. The van der Waals surface area contributed by atoms with Gasteiger partial charge in [0.05, 0.1) is 23.1 Å². The molecule has 1 saturated carbocycles. The van der Waals surface area contributed by atoms with Crippen molar-refractivity contribution in [2.75, 3.05) is 13.2 Å². The van der Waals surface area contributed by atoms with E-state index in [9.17, 15) is 0 Å². The minimum Gasteiger partial charge on any atom is -0.439 e. The normalized spacial score (nSPS) is 21.4. The summed E-state index contributed by atoms with van der Waals surface area (Å²) in [4.78, 5) is 5.67. The summed E-state index contributed by atoms with van der Waals surface area (Å²) in [6.07, 6.45) is 4.00. The molecule has 2 aliphatic rings. The van der Waals surface area contributed by atoms with Gasteiger partial charge in [-0.2, -0.15) is 0 Å². The monoisotopic (exact) mass is 381 g/mol. The van der Waals surface area contributed by atoms with Gasteiger partial charge in [-0.05, 0) is 25.0 Å². The maximum absolute atomic E-state index is 6.51. The van der Waals surface area contributed by atoms with E-state index >= 15 is 0 Å². The lowest BCUT2D eigenvalue weighted by Gasteiger charge is -2.35. The smallest absolute Gasteiger partial charge is 0.200 e. The maximum Gasteiger partial charge on any atom is 0.200 e. The average Bonchev–Trinajstić information content (AvgIpc) is 3.19. The molecule has 4 rings (SSSR count). The highest BCUT2D eigenvalue weighted by molar-refractivity contribution is 8.00. The maximum atomic E-state index is 6.51. The summed E-state index contributed by atoms with van der Waals surface area (Å²) in [5, 5.41) is 1.23. The standard InChI is InChI=1S/C19H24ClNO3S/c1-18(2,3)17-21-14-5-4-13(20)16(15(14)24-17)25-12-6-8-19(9-7-12)22-10-11-23-19/h4-5,12H,6-11H2,1-3H3. The van der Waals surface area contributed by atoms with Crippen LogP contribution >= 0.6 is 23.4 Å². The number of oxazole rings is 1. The van der Waals surface area contributed by atoms with Crippen molar-refractivity contribution < 1.29 is 13.9 Å².